The van der Waals surface area contributed by atoms with Crippen LogP contribution in [0, 0.1) is 0 Å². The number of nitrogens with zero attached hydrogens (tertiary/aromatic N) is 3. The van der Waals surface area contributed by atoms with E-state index in [1.54, 1.807) is 35.8 Å². The van der Waals surface area contributed by atoms with Gasteiger partial charge in [-0.3, -0.25) is 9.59 Å². The van der Waals surface area contributed by atoms with Gasteiger partial charge in [0, 0.05) is 30.0 Å². The van der Waals surface area contributed by atoms with Gasteiger partial charge in [0.15, 0.2) is 5.13 Å². The van der Waals surface area contributed by atoms with E-state index in [0.717, 1.165) is 21.0 Å². The van der Waals surface area contributed by atoms with Crippen LogP contribution >= 0.6 is 23.1 Å². The second-order valence-corrected chi connectivity index (χ2v) is 11.4. The Hall–Kier alpha value is -2.91. The number of aromatic nitrogens is 3. The lowest BCUT2D eigenvalue weighted by Crippen LogP contribution is -2.20. The minimum atomic E-state index is -0.0841. The number of hydrogen-bond donors (Lipinski definition) is 1. The molecule has 9 heteroatoms. The number of nitrogens with one attached hydrogen (secondary N) is 1. The number of carbonyl (C=O) groups is 1. The van der Waals surface area contributed by atoms with Gasteiger partial charge >= 0.3 is 0 Å². The van der Waals surface area contributed by atoms with E-state index in [9.17, 15) is 9.59 Å². The number of carbonyl (C=O) groups excluding carboxylic acids is 1. The van der Waals surface area contributed by atoms with Gasteiger partial charge in [0.05, 0.1) is 22.4 Å². The Morgan fingerprint density at radius 2 is 2.00 bits per heavy atom. The van der Waals surface area contributed by atoms with E-state index in [-0.39, 0.29) is 16.9 Å². The lowest BCUT2D eigenvalue weighted by molar-refractivity contribution is -0.116. The predicted octanol–water partition coefficient (Wildman–Crippen LogP) is 5.53. The molecule has 0 saturated heterocycles. The zero-order valence-corrected chi connectivity index (χ0v) is 21.4. The van der Waals surface area contributed by atoms with Crippen LogP contribution in [0.15, 0.2) is 56.1 Å². The van der Waals surface area contributed by atoms with Crippen LogP contribution in [0.25, 0.3) is 10.8 Å². The molecule has 3 heterocycles. The van der Waals surface area contributed by atoms with Crippen molar-refractivity contribution in [3.8, 4) is 0 Å². The molecule has 0 fully saturated rings. The number of amides is 1. The smallest absolute Gasteiger partial charge is 0.258 e. The fraction of sp³-hybridized carbons (Fsp3) is 0.360. The molecular weight excluding hydrogens is 468 g/mol. The molecule has 4 aromatic rings. The summed E-state index contributed by atoms with van der Waals surface area (Å²) in [5.74, 6) is 2.07. The first-order valence-electron chi connectivity index (χ1n) is 11.1. The van der Waals surface area contributed by atoms with Gasteiger partial charge in [-0.1, -0.05) is 50.3 Å². The molecule has 4 rings (SSSR count). The van der Waals surface area contributed by atoms with E-state index < -0.39 is 0 Å². The summed E-state index contributed by atoms with van der Waals surface area (Å²) in [5, 5.41) is 5.09. The number of anilines is 1. The third-order valence-electron chi connectivity index (χ3n) is 5.45. The number of thioether (sulfide) groups is 1. The van der Waals surface area contributed by atoms with Crippen molar-refractivity contribution in [3.63, 3.8) is 0 Å². The zero-order valence-electron chi connectivity index (χ0n) is 19.8. The Balaban J connectivity index is 1.27. The predicted molar refractivity (Wildman–Crippen MR) is 138 cm³/mol. The minimum absolute atomic E-state index is 0.00950. The van der Waals surface area contributed by atoms with Crippen LogP contribution in [-0.2, 0) is 29.4 Å². The summed E-state index contributed by atoms with van der Waals surface area (Å²) in [6.07, 6.45) is 5.18. The van der Waals surface area contributed by atoms with Crippen LogP contribution in [0.1, 0.15) is 51.0 Å². The van der Waals surface area contributed by atoms with Gasteiger partial charge in [-0.15, -0.1) is 11.8 Å². The molecule has 0 aliphatic carbocycles. The third-order valence-corrected chi connectivity index (χ3v) is 7.54. The van der Waals surface area contributed by atoms with Crippen LogP contribution in [0.2, 0.25) is 0 Å². The summed E-state index contributed by atoms with van der Waals surface area (Å²) in [6.45, 7) is 6.27. The van der Waals surface area contributed by atoms with Crippen molar-refractivity contribution >= 4 is 44.9 Å². The number of benzene rings is 1. The highest BCUT2D eigenvalue weighted by molar-refractivity contribution is 8.00. The van der Waals surface area contributed by atoms with Gasteiger partial charge in [-0.2, -0.15) is 0 Å². The normalized spacial score (nSPS) is 11.8. The van der Waals surface area contributed by atoms with E-state index in [1.165, 1.54) is 11.3 Å². The number of thiazole rings is 1. The maximum atomic E-state index is 12.5. The Morgan fingerprint density at radius 3 is 2.76 bits per heavy atom. The van der Waals surface area contributed by atoms with Crippen LogP contribution in [0.5, 0.6) is 0 Å². The molecule has 0 aliphatic heterocycles. The summed E-state index contributed by atoms with van der Waals surface area (Å²) in [6, 6.07) is 9.60. The van der Waals surface area contributed by atoms with Gasteiger partial charge in [0.25, 0.3) is 5.56 Å². The number of rotatable bonds is 8. The summed E-state index contributed by atoms with van der Waals surface area (Å²) in [7, 11) is 1.78. The number of oxazole rings is 1. The number of pyridine rings is 1. The molecule has 1 aromatic carbocycles. The second kappa shape index (κ2) is 10.1. The second-order valence-electron chi connectivity index (χ2n) is 9.13. The molecule has 0 saturated carbocycles. The molecule has 1 amide bonds. The molecule has 0 spiro atoms. The van der Waals surface area contributed by atoms with Crippen LogP contribution in [0.4, 0.5) is 5.13 Å². The van der Waals surface area contributed by atoms with Gasteiger partial charge in [-0.25, -0.2) is 9.97 Å². The molecule has 178 valence electrons. The first-order valence-corrected chi connectivity index (χ1v) is 12.9. The lowest BCUT2D eigenvalue weighted by atomic mass is 9.94. The average Bonchev–Trinajstić information content (AvgIpc) is 3.45. The highest BCUT2D eigenvalue weighted by Gasteiger charge is 2.19. The molecule has 0 atom stereocenters. The molecule has 1 N–H and O–H groups in total. The third kappa shape index (κ3) is 5.77. The fourth-order valence-electron chi connectivity index (χ4n) is 3.50. The van der Waals surface area contributed by atoms with E-state index in [4.69, 9.17) is 4.42 Å². The molecular formula is C25H28N4O3S2. The van der Waals surface area contributed by atoms with E-state index >= 15 is 0 Å². The first kappa shape index (κ1) is 24.2. The largest absolute Gasteiger partial charge is 0.444 e. The quantitative estimate of drug-likeness (QED) is 0.322. The molecule has 3 aromatic heterocycles. The van der Waals surface area contributed by atoms with Crippen molar-refractivity contribution in [1.29, 1.82) is 0 Å². The molecule has 34 heavy (non-hydrogen) atoms. The molecule has 7 nitrogen and oxygen atoms in total. The molecule has 0 radical (unpaired) electrons. The summed E-state index contributed by atoms with van der Waals surface area (Å²) in [4.78, 5) is 33.6. The summed E-state index contributed by atoms with van der Waals surface area (Å²) >= 11 is 3.01. The maximum absolute atomic E-state index is 12.5. The highest BCUT2D eigenvalue weighted by Crippen LogP contribution is 2.31. The van der Waals surface area contributed by atoms with Crippen molar-refractivity contribution in [2.45, 2.75) is 55.4 Å². The molecule has 0 unspecified atom stereocenters. The van der Waals surface area contributed by atoms with Crippen molar-refractivity contribution in [2.24, 2.45) is 7.05 Å². The van der Waals surface area contributed by atoms with Crippen molar-refractivity contribution < 1.29 is 9.21 Å². The fourth-order valence-corrected chi connectivity index (χ4v) is 5.24. The Morgan fingerprint density at radius 1 is 1.21 bits per heavy atom. The SMILES string of the molecule is Cn1c(CCCC(=O)Nc2ncc(SCc3ncc(C(C)(C)C)o3)s2)cc2ccccc2c1=O. The minimum Gasteiger partial charge on any atom is -0.444 e. The molecule has 0 aliphatic rings. The molecule has 0 bridgehead atoms. The van der Waals surface area contributed by atoms with Gasteiger partial charge in [0.1, 0.15) is 5.76 Å². The monoisotopic (exact) mass is 496 g/mol. The van der Waals surface area contributed by atoms with Crippen LogP contribution < -0.4 is 10.9 Å². The van der Waals surface area contributed by atoms with Crippen molar-refractivity contribution in [2.75, 3.05) is 5.32 Å². The van der Waals surface area contributed by atoms with Gasteiger partial charge in [0.2, 0.25) is 11.8 Å². The van der Waals surface area contributed by atoms with Gasteiger partial charge in [-0.05, 0) is 30.4 Å². The standard InChI is InChI=1S/C25H28N4O3S2/c1-25(2,3)19-13-26-21(32-19)15-33-22-14-27-24(34-22)28-20(30)11-7-9-17-12-16-8-5-6-10-18(16)23(31)29(17)4/h5-6,8,10,12-14H,7,9,11,15H2,1-4H3,(H,27,28,30). The van der Waals surface area contributed by atoms with Gasteiger partial charge < -0.3 is 14.3 Å². The highest BCUT2D eigenvalue weighted by atomic mass is 32.2. The Bertz CT molecular complexity index is 1360. The summed E-state index contributed by atoms with van der Waals surface area (Å²) in [5.41, 5.74) is 0.844. The first-order chi connectivity index (χ1) is 16.2. The van der Waals surface area contributed by atoms with Crippen molar-refractivity contribution in [3.05, 3.63) is 70.4 Å². The Labute approximate surface area is 206 Å². The topological polar surface area (TPSA) is 90.0 Å². The van der Waals surface area contributed by atoms with Crippen LogP contribution in [0.3, 0.4) is 0 Å². The average molecular weight is 497 g/mol. The zero-order chi connectivity index (χ0) is 24.3. The van der Waals surface area contributed by atoms with E-state index in [2.05, 4.69) is 36.1 Å². The number of fused-ring (bicyclic) bond motifs is 1. The summed E-state index contributed by atoms with van der Waals surface area (Å²) < 4.78 is 8.48. The van der Waals surface area contributed by atoms with Crippen molar-refractivity contribution in [1.82, 2.24) is 14.5 Å². The maximum Gasteiger partial charge on any atom is 0.258 e. The number of hydrogen-bond acceptors (Lipinski definition) is 7. The van der Waals surface area contributed by atoms with E-state index in [1.807, 2.05) is 30.3 Å². The lowest BCUT2D eigenvalue weighted by Gasteiger charge is -2.12. The number of aryl methyl sites for hydroxylation is 1. The van der Waals surface area contributed by atoms with Crippen LogP contribution in [-0.4, -0.2) is 20.4 Å². The Kier molecular flexibility index (Phi) is 7.23. The van der Waals surface area contributed by atoms with E-state index in [0.29, 0.717) is 41.4 Å².